The molecule has 0 saturated heterocycles. The van der Waals surface area contributed by atoms with E-state index in [4.69, 9.17) is 10.5 Å². The van der Waals surface area contributed by atoms with E-state index < -0.39 is 0 Å². The predicted octanol–water partition coefficient (Wildman–Crippen LogP) is 2.19. The van der Waals surface area contributed by atoms with Crippen molar-refractivity contribution in [1.82, 2.24) is 10.4 Å². The van der Waals surface area contributed by atoms with Gasteiger partial charge in [-0.1, -0.05) is 0 Å². The summed E-state index contributed by atoms with van der Waals surface area (Å²) < 4.78 is 5.35. The van der Waals surface area contributed by atoms with Crippen LogP contribution in [0.5, 0.6) is 5.75 Å². The number of rotatable bonds is 8. The second-order valence-corrected chi connectivity index (χ2v) is 6.31. The van der Waals surface area contributed by atoms with Crippen LogP contribution in [0.2, 0.25) is 0 Å². The lowest BCUT2D eigenvalue weighted by Crippen LogP contribution is -2.23. The number of aromatic nitrogens is 1. The van der Waals surface area contributed by atoms with E-state index in [1.165, 1.54) is 11.3 Å². The summed E-state index contributed by atoms with van der Waals surface area (Å²) in [6, 6.07) is 7.09. The summed E-state index contributed by atoms with van der Waals surface area (Å²) in [6.07, 6.45) is 0.153. The normalized spacial score (nSPS) is 11.1. The van der Waals surface area contributed by atoms with Gasteiger partial charge in [-0.25, -0.2) is 10.4 Å². The summed E-state index contributed by atoms with van der Waals surface area (Å²) in [4.78, 5) is 27.8. The number of ether oxygens (including phenoxy) is 1. The van der Waals surface area contributed by atoms with Gasteiger partial charge in [-0.3, -0.25) is 9.59 Å². The molecule has 1 aromatic heterocycles. The van der Waals surface area contributed by atoms with Crippen molar-refractivity contribution in [3.8, 4) is 5.75 Å². The Morgan fingerprint density at radius 3 is 2.62 bits per heavy atom. The van der Waals surface area contributed by atoms with Crippen molar-refractivity contribution < 1.29 is 14.3 Å². The van der Waals surface area contributed by atoms with Crippen LogP contribution < -0.4 is 21.2 Å². The van der Waals surface area contributed by atoms with E-state index in [2.05, 4.69) is 20.8 Å². The standard InChI is InChI=1S/C17H21N5O3S/c1-3-25-14-6-4-12(5-7-14)19-15(23)8-11(2)21-22-16(24)9-13-10-26-17(18)20-13/h4-7,10H,3,8-9H2,1-2H3,(H2,18,20)(H,19,23)(H,22,24)/b21-11+. The molecule has 0 saturated carbocycles. The van der Waals surface area contributed by atoms with Gasteiger partial charge in [0, 0.05) is 16.8 Å². The molecule has 138 valence electrons. The molecule has 8 nitrogen and oxygen atoms in total. The minimum absolute atomic E-state index is 0.0666. The Morgan fingerprint density at radius 2 is 2.00 bits per heavy atom. The number of anilines is 2. The average molecular weight is 375 g/mol. The van der Waals surface area contributed by atoms with E-state index in [1.54, 1.807) is 36.6 Å². The Balaban J connectivity index is 1.78. The van der Waals surface area contributed by atoms with Gasteiger partial charge in [0.15, 0.2) is 5.13 Å². The molecule has 2 aromatic rings. The maximum atomic E-state index is 12.0. The number of thiazole rings is 1. The van der Waals surface area contributed by atoms with Gasteiger partial charge in [-0.15, -0.1) is 11.3 Å². The highest BCUT2D eigenvalue weighted by Crippen LogP contribution is 2.15. The molecule has 0 radical (unpaired) electrons. The largest absolute Gasteiger partial charge is 0.494 e. The summed E-state index contributed by atoms with van der Waals surface area (Å²) in [5.74, 6) is 0.200. The zero-order chi connectivity index (χ0) is 18.9. The lowest BCUT2D eigenvalue weighted by molar-refractivity contribution is -0.120. The average Bonchev–Trinajstić information content (AvgIpc) is 3.00. The molecule has 1 heterocycles. The van der Waals surface area contributed by atoms with Crippen LogP contribution in [0.1, 0.15) is 26.0 Å². The fourth-order valence-electron chi connectivity index (χ4n) is 2.04. The Morgan fingerprint density at radius 1 is 1.27 bits per heavy atom. The van der Waals surface area contributed by atoms with Crippen molar-refractivity contribution in [3.63, 3.8) is 0 Å². The van der Waals surface area contributed by atoms with Crippen LogP contribution in [0.3, 0.4) is 0 Å². The number of nitrogens with two attached hydrogens (primary N) is 1. The van der Waals surface area contributed by atoms with Crippen LogP contribution in [0.15, 0.2) is 34.7 Å². The minimum atomic E-state index is -0.318. The Hall–Kier alpha value is -2.94. The lowest BCUT2D eigenvalue weighted by Gasteiger charge is -2.07. The highest BCUT2D eigenvalue weighted by atomic mass is 32.1. The molecule has 0 spiro atoms. The molecule has 0 atom stereocenters. The first-order chi connectivity index (χ1) is 12.5. The fourth-order valence-corrected chi connectivity index (χ4v) is 2.61. The van der Waals surface area contributed by atoms with Crippen molar-refractivity contribution in [3.05, 3.63) is 35.3 Å². The molecule has 1 aromatic carbocycles. The number of amides is 2. The third kappa shape index (κ3) is 6.52. The summed E-state index contributed by atoms with van der Waals surface area (Å²) >= 11 is 1.27. The Labute approximate surface area is 155 Å². The van der Waals surface area contributed by atoms with Gasteiger partial charge in [0.05, 0.1) is 25.1 Å². The molecule has 0 aliphatic carbocycles. The number of hydrazone groups is 1. The molecule has 0 aliphatic rings. The van der Waals surface area contributed by atoms with Crippen LogP contribution in [-0.4, -0.2) is 29.1 Å². The zero-order valence-electron chi connectivity index (χ0n) is 14.6. The quantitative estimate of drug-likeness (QED) is 0.483. The first kappa shape index (κ1) is 19.4. The van der Waals surface area contributed by atoms with Crippen LogP contribution in [0, 0.1) is 0 Å². The van der Waals surface area contributed by atoms with E-state index >= 15 is 0 Å². The highest BCUT2D eigenvalue weighted by molar-refractivity contribution is 7.13. The van der Waals surface area contributed by atoms with Crippen LogP contribution in [0.25, 0.3) is 0 Å². The van der Waals surface area contributed by atoms with E-state index in [0.29, 0.717) is 28.8 Å². The van der Waals surface area contributed by atoms with Crippen molar-refractivity contribution in [1.29, 1.82) is 0 Å². The predicted molar refractivity (Wildman–Crippen MR) is 102 cm³/mol. The maximum absolute atomic E-state index is 12.0. The molecular weight excluding hydrogens is 354 g/mol. The second-order valence-electron chi connectivity index (χ2n) is 5.42. The van der Waals surface area contributed by atoms with Crippen LogP contribution in [-0.2, 0) is 16.0 Å². The number of carbonyl (C=O) groups is 2. The zero-order valence-corrected chi connectivity index (χ0v) is 15.4. The van der Waals surface area contributed by atoms with Gasteiger partial charge in [0.1, 0.15) is 5.75 Å². The summed E-state index contributed by atoms with van der Waals surface area (Å²) in [5.41, 5.74) is 9.66. The second kappa shape index (κ2) is 9.52. The molecule has 2 amide bonds. The van der Waals surface area contributed by atoms with Crippen molar-refractivity contribution in [2.24, 2.45) is 5.10 Å². The topological polar surface area (TPSA) is 119 Å². The Kier molecular flexibility index (Phi) is 7.10. The molecule has 0 aliphatic heterocycles. The van der Waals surface area contributed by atoms with Gasteiger partial charge in [-0.05, 0) is 38.1 Å². The van der Waals surface area contributed by atoms with Gasteiger partial charge in [0.25, 0.3) is 0 Å². The van der Waals surface area contributed by atoms with Gasteiger partial charge in [-0.2, -0.15) is 5.10 Å². The third-order valence-electron chi connectivity index (χ3n) is 3.15. The fraction of sp³-hybridized carbons (Fsp3) is 0.294. The molecule has 26 heavy (non-hydrogen) atoms. The highest BCUT2D eigenvalue weighted by Gasteiger charge is 2.08. The number of benzene rings is 1. The van der Waals surface area contributed by atoms with Gasteiger partial charge < -0.3 is 15.8 Å². The number of nitrogen functional groups attached to an aromatic ring is 1. The van der Waals surface area contributed by atoms with E-state index in [1.807, 2.05) is 6.92 Å². The number of hydrogen-bond donors (Lipinski definition) is 3. The van der Waals surface area contributed by atoms with Crippen LogP contribution >= 0.6 is 11.3 Å². The van der Waals surface area contributed by atoms with Crippen molar-refractivity contribution >= 4 is 39.7 Å². The number of nitrogens with one attached hydrogen (secondary N) is 2. The monoisotopic (exact) mass is 375 g/mol. The van der Waals surface area contributed by atoms with Gasteiger partial charge >= 0.3 is 0 Å². The third-order valence-corrected chi connectivity index (χ3v) is 3.87. The smallest absolute Gasteiger partial charge is 0.246 e. The number of hydrogen-bond acceptors (Lipinski definition) is 7. The van der Waals surface area contributed by atoms with Crippen molar-refractivity contribution in [2.75, 3.05) is 17.7 Å². The van der Waals surface area contributed by atoms with Crippen LogP contribution in [0.4, 0.5) is 10.8 Å². The summed E-state index contributed by atoms with van der Waals surface area (Å²) in [7, 11) is 0. The Bertz CT molecular complexity index is 786. The molecule has 4 N–H and O–H groups in total. The minimum Gasteiger partial charge on any atom is -0.494 e. The summed E-state index contributed by atoms with van der Waals surface area (Å²) in [5, 5.41) is 8.82. The molecule has 0 bridgehead atoms. The van der Waals surface area contributed by atoms with E-state index in [0.717, 1.165) is 5.75 Å². The molecule has 2 rings (SSSR count). The van der Waals surface area contributed by atoms with Gasteiger partial charge in [0.2, 0.25) is 11.8 Å². The number of nitrogens with zero attached hydrogens (tertiary/aromatic N) is 2. The molecule has 9 heteroatoms. The first-order valence-corrected chi connectivity index (χ1v) is 8.88. The SMILES string of the molecule is CCOc1ccc(NC(=O)C/C(C)=N/NC(=O)Cc2csc(N)n2)cc1. The van der Waals surface area contributed by atoms with E-state index in [-0.39, 0.29) is 24.7 Å². The van der Waals surface area contributed by atoms with Crippen molar-refractivity contribution in [2.45, 2.75) is 26.7 Å². The molecule has 0 unspecified atom stereocenters. The maximum Gasteiger partial charge on any atom is 0.246 e. The molecular formula is C17H21N5O3S. The first-order valence-electron chi connectivity index (χ1n) is 8.01. The number of carbonyl (C=O) groups excluding carboxylic acids is 2. The lowest BCUT2D eigenvalue weighted by atomic mass is 10.2. The molecule has 0 fully saturated rings. The summed E-state index contributed by atoms with van der Waals surface area (Å²) in [6.45, 7) is 4.16. The van der Waals surface area contributed by atoms with E-state index in [9.17, 15) is 9.59 Å².